The monoisotopic (exact) mass is 364 g/mol. The molecule has 4 rings (SSSR count). The molecule has 0 aromatic carbocycles. The minimum atomic E-state index is 0.798. The number of anilines is 1. The van der Waals surface area contributed by atoms with E-state index in [0.29, 0.717) is 0 Å². The smallest absolute Gasteiger partial charge is 0.225 e. The second-order valence-corrected chi connectivity index (χ2v) is 6.45. The Morgan fingerprint density at radius 2 is 1.93 bits per heavy atom. The van der Waals surface area contributed by atoms with Gasteiger partial charge in [-0.3, -0.25) is 4.99 Å². The van der Waals surface area contributed by atoms with E-state index in [-0.39, 0.29) is 0 Å². The fourth-order valence-electron chi connectivity index (χ4n) is 3.32. The zero-order valence-corrected chi connectivity index (χ0v) is 15.5. The number of imidazole rings is 1. The van der Waals surface area contributed by atoms with Crippen LogP contribution in [0, 0.1) is 0 Å². The molecule has 3 aromatic rings. The second-order valence-electron chi connectivity index (χ2n) is 6.45. The van der Waals surface area contributed by atoms with Crippen LogP contribution in [0.2, 0.25) is 0 Å². The molecule has 0 amide bonds. The minimum Gasteiger partial charge on any atom is -0.356 e. The largest absolute Gasteiger partial charge is 0.356 e. The molecule has 0 aliphatic carbocycles. The van der Waals surface area contributed by atoms with Crippen molar-refractivity contribution in [2.45, 2.75) is 6.42 Å². The van der Waals surface area contributed by atoms with Gasteiger partial charge in [0.1, 0.15) is 5.65 Å². The Labute approximate surface area is 158 Å². The van der Waals surface area contributed by atoms with Crippen LogP contribution in [0.25, 0.3) is 5.65 Å². The zero-order valence-electron chi connectivity index (χ0n) is 15.5. The van der Waals surface area contributed by atoms with E-state index in [4.69, 9.17) is 0 Å². The third-order valence-corrected chi connectivity index (χ3v) is 4.70. The van der Waals surface area contributed by atoms with E-state index < -0.39 is 0 Å². The lowest BCUT2D eigenvalue weighted by Gasteiger charge is -2.36. The summed E-state index contributed by atoms with van der Waals surface area (Å²) in [6.45, 7) is 4.37. The number of aromatic nitrogens is 4. The zero-order chi connectivity index (χ0) is 18.5. The first-order valence-corrected chi connectivity index (χ1v) is 9.23. The molecule has 8 heteroatoms. The number of hydrogen-bond acceptors (Lipinski definition) is 5. The van der Waals surface area contributed by atoms with Crippen LogP contribution in [-0.2, 0) is 6.42 Å². The predicted molar refractivity (Wildman–Crippen MR) is 106 cm³/mol. The second kappa shape index (κ2) is 8.03. The third kappa shape index (κ3) is 3.99. The number of guanidine groups is 1. The normalized spacial score (nSPS) is 15.4. The van der Waals surface area contributed by atoms with Gasteiger partial charge in [-0.05, 0) is 18.2 Å². The van der Waals surface area contributed by atoms with Crippen molar-refractivity contribution in [2.75, 3.05) is 44.7 Å². The highest BCUT2D eigenvalue weighted by atomic mass is 15.4. The van der Waals surface area contributed by atoms with Gasteiger partial charge in [-0.15, -0.1) is 0 Å². The Morgan fingerprint density at radius 3 is 2.67 bits per heavy atom. The number of piperazine rings is 1. The molecule has 8 nitrogen and oxygen atoms in total. The molecule has 0 radical (unpaired) electrons. The maximum atomic E-state index is 4.64. The van der Waals surface area contributed by atoms with Crippen molar-refractivity contribution < 1.29 is 0 Å². The molecule has 4 heterocycles. The van der Waals surface area contributed by atoms with Crippen molar-refractivity contribution in [3.63, 3.8) is 0 Å². The number of hydrogen-bond donors (Lipinski definition) is 1. The van der Waals surface area contributed by atoms with Gasteiger partial charge in [0.25, 0.3) is 0 Å². The van der Waals surface area contributed by atoms with Crippen LogP contribution < -0.4 is 10.2 Å². The average Bonchev–Trinajstić information content (AvgIpc) is 3.15. The van der Waals surface area contributed by atoms with E-state index in [1.165, 1.54) is 0 Å². The van der Waals surface area contributed by atoms with Gasteiger partial charge in [0.05, 0.1) is 5.69 Å². The summed E-state index contributed by atoms with van der Waals surface area (Å²) in [6.07, 6.45) is 8.54. The highest BCUT2D eigenvalue weighted by Crippen LogP contribution is 2.10. The van der Waals surface area contributed by atoms with Crippen LogP contribution in [0.3, 0.4) is 0 Å². The molecule has 0 spiro atoms. The molecule has 0 saturated carbocycles. The van der Waals surface area contributed by atoms with Gasteiger partial charge in [0.2, 0.25) is 5.95 Å². The van der Waals surface area contributed by atoms with Gasteiger partial charge in [-0.2, -0.15) is 0 Å². The molecule has 0 atom stereocenters. The molecule has 1 N–H and O–H groups in total. The van der Waals surface area contributed by atoms with E-state index in [2.05, 4.69) is 45.7 Å². The van der Waals surface area contributed by atoms with Crippen molar-refractivity contribution in [1.29, 1.82) is 0 Å². The molecule has 1 aliphatic heterocycles. The number of nitrogens with zero attached hydrogens (tertiary/aromatic N) is 7. The summed E-state index contributed by atoms with van der Waals surface area (Å²) in [6, 6.07) is 7.88. The van der Waals surface area contributed by atoms with E-state index >= 15 is 0 Å². The first-order chi connectivity index (χ1) is 13.3. The average molecular weight is 364 g/mol. The Balaban J connectivity index is 1.28. The summed E-state index contributed by atoms with van der Waals surface area (Å²) >= 11 is 0. The maximum absolute atomic E-state index is 4.64. The first kappa shape index (κ1) is 17.3. The summed E-state index contributed by atoms with van der Waals surface area (Å²) in [5, 5.41) is 3.46. The lowest BCUT2D eigenvalue weighted by molar-refractivity contribution is 0.370. The fourth-order valence-corrected chi connectivity index (χ4v) is 3.32. The van der Waals surface area contributed by atoms with Crippen LogP contribution in [0.15, 0.2) is 54.0 Å². The standard InChI is InChI=1S/C19H24N8/c1-20-18(23-9-6-16-15-27-10-3-2-5-17(27)24-16)25-11-13-26(14-12-25)19-21-7-4-8-22-19/h2-5,7-8,10,15H,6,9,11-14H2,1H3,(H,20,23). The molecule has 1 aliphatic rings. The lowest BCUT2D eigenvalue weighted by atomic mass is 10.3. The molecule has 1 fully saturated rings. The fraction of sp³-hybridized carbons (Fsp3) is 0.368. The molecular weight excluding hydrogens is 340 g/mol. The van der Waals surface area contributed by atoms with Gasteiger partial charge in [0, 0.05) is 71.0 Å². The van der Waals surface area contributed by atoms with Gasteiger partial charge < -0.3 is 19.5 Å². The van der Waals surface area contributed by atoms with Crippen LogP contribution in [0.1, 0.15) is 5.69 Å². The predicted octanol–water partition coefficient (Wildman–Crippen LogP) is 1.06. The number of aliphatic imine (C=N–C) groups is 1. The third-order valence-electron chi connectivity index (χ3n) is 4.70. The molecule has 27 heavy (non-hydrogen) atoms. The summed E-state index contributed by atoms with van der Waals surface area (Å²) in [4.78, 5) is 22.2. The maximum Gasteiger partial charge on any atom is 0.225 e. The van der Waals surface area contributed by atoms with Gasteiger partial charge >= 0.3 is 0 Å². The number of pyridine rings is 1. The van der Waals surface area contributed by atoms with Crippen LogP contribution in [0.5, 0.6) is 0 Å². The quantitative estimate of drug-likeness (QED) is 0.551. The van der Waals surface area contributed by atoms with Crippen LogP contribution in [0.4, 0.5) is 5.95 Å². The molecule has 0 unspecified atom stereocenters. The Kier molecular flexibility index (Phi) is 5.13. The summed E-state index contributed by atoms with van der Waals surface area (Å²) in [5.41, 5.74) is 2.06. The van der Waals surface area contributed by atoms with E-state index in [0.717, 1.165) is 62.4 Å². The van der Waals surface area contributed by atoms with E-state index in [9.17, 15) is 0 Å². The topological polar surface area (TPSA) is 74.0 Å². The van der Waals surface area contributed by atoms with E-state index in [1.54, 1.807) is 12.4 Å². The highest BCUT2D eigenvalue weighted by Gasteiger charge is 2.20. The Bertz CT molecular complexity index is 863. The van der Waals surface area contributed by atoms with Crippen molar-refractivity contribution in [1.82, 2.24) is 29.6 Å². The molecule has 1 saturated heterocycles. The van der Waals surface area contributed by atoms with Crippen molar-refractivity contribution in [2.24, 2.45) is 4.99 Å². The number of rotatable bonds is 4. The van der Waals surface area contributed by atoms with Crippen LogP contribution >= 0.6 is 0 Å². The lowest BCUT2D eigenvalue weighted by Crippen LogP contribution is -2.53. The minimum absolute atomic E-state index is 0.798. The SMILES string of the molecule is CN=C(NCCc1cn2ccccc2n1)N1CCN(c2ncccn2)CC1. The van der Waals surface area contributed by atoms with Crippen molar-refractivity contribution >= 4 is 17.6 Å². The van der Waals surface area contributed by atoms with Gasteiger partial charge in [0.15, 0.2) is 5.96 Å². The molecule has 140 valence electrons. The Morgan fingerprint density at radius 1 is 1.11 bits per heavy atom. The van der Waals surface area contributed by atoms with Crippen molar-refractivity contribution in [3.05, 3.63) is 54.7 Å². The van der Waals surface area contributed by atoms with E-state index in [1.807, 2.05) is 37.5 Å². The molecular formula is C19H24N8. The molecule has 3 aromatic heterocycles. The van der Waals surface area contributed by atoms with Gasteiger partial charge in [-0.25, -0.2) is 15.0 Å². The van der Waals surface area contributed by atoms with Crippen LogP contribution in [-0.4, -0.2) is 70.0 Å². The summed E-state index contributed by atoms with van der Waals surface area (Å²) in [5.74, 6) is 1.74. The highest BCUT2D eigenvalue weighted by molar-refractivity contribution is 5.80. The summed E-state index contributed by atoms with van der Waals surface area (Å²) < 4.78 is 2.05. The van der Waals surface area contributed by atoms with Crippen molar-refractivity contribution in [3.8, 4) is 0 Å². The Hall–Kier alpha value is -3.16. The summed E-state index contributed by atoms with van der Waals surface area (Å²) in [7, 11) is 1.83. The number of fused-ring (bicyclic) bond motifs is 1. The molecule has 0 bridgehead atoms. The first-order valence-electron chi connectivity index (χ1n) is 9.23. The number of nitrogens with one attached hydrogen (secondary N) is 1. The van der Waals surface area contributed by atoms with Gasteiger partial charge in [-0.1, -0.05) is 6.07 Å².